The van der Waals surface area contributed by atoms with Gasteiger partial charge in [0.15, 0.2) is 0 Å². The number of aryl methyl sites for hydroxylation is 1. The Balaban J connectivity index is 0.00000256. The average Bonchev–Trinajstić information content (AvgIpc) is 2.33. The fraction of sp³-hybridized carbons (Fsp3) is 0.600. The molecule has 0 aliphatic carbocycles. The molecule has 0 saturated heterocycles. The van der Waals surface area contributed by atoms with Crippen molar-refractivity contribution in [3.05, 3.63) is 34.9 Å². The summed E-state index contributed by atoms with van der Waals surface area (Å²) in [5.74, 6) is 0. The fourth-order valence-corrected chi connectivity index (χ4v) is 2.54. The molecular formula is C15H26IP. The van der Waals surface area contributed by atoms with Gasteiger partial charge in [0.25, 0.3) is 0 Å². The van der Waals surface area contributed by atoms with Crippen LogP contribution in [-0.2, 0) is 19.0 Å². The highest BCUT2D eigenvalue weighted by molar-refractivity contribution is 14.0. The molecule has 1 atom stereocenters. The second kappa shape index (κ2) is 10.3. The van der Waals surface area contributed by atoms with E-state index >= 15 is 0 Å². The van der Waals surface area contributed by atoms with Crippen LogP contribution in [0.1, 0.15) is 56.2 Å². The summed E-state index contributed by atoms with van der Waals surface area (Å²) < 4.78 is 0. The van der Waals surface area contributed by atoms with Crippen molar-refractivity contribution in [2.75, 3.05) is 0 Å². The summed E-state index contributed by atoms with van der Waals surface area (Å²) in [5, 5.41) is 0. The minimum Gasteiger partial charge on any atom is -0.133 e. The number of hydrogen-bond acceptors (Lipinski definition) is 0. The molecule has 98 valence electrons. The summed E-state index contributed by atoms with van der Waals surface area (Å²) in [6, 6.07) is 6.83. The largest absolute Gasteiger partial charge is 0.133 e. The number of halogens is 1. The molecule has 0 radical (unpaired) electrons. The van der Waals surface area contributed by atoms with E-state index in [4.69, 9.17) is 0 Å². The van der Waals surface area contributed by atoms with Gasteiger partial charge >= 0.3 is 0 Å². The van der Waals surface area contributed by atoms with Gasteiger partial charge in [0.1, 0.15) is 0 Å². The Morgan fingerprint density at radius 2 is 1.53 bits per heavy atom. The van der Waals surface area contributed by atoms with Crippen LogP contribution in [0, 0.1) is 0 Å². The van der Waals surface area contributed by atoms with Crippen molar-refractivity contribution in [1.82, 2.24) is 0 Å². The zero-order chi connectivity index (χ0) is 11.8. The lowest BCUT2D eigenvalue weighted by Crippen LogP contribution is -1.99. The predicted molar refractivity (Wildman–Crippen MR) is 92.5 cm³/mol. The van der Waals surface area contributed by atoms with E-state index in [-0.39, 0.29) is 24.0 Å². The first kappa shape index (κ1) is 17.4. The zero-order valence-electron chi connectivity index (χ0n) is 11.2. The van der Waals surface area contributed by atoms with Crippen molar-refractivity contribution in [3.63, 3.8) is 0 Å². The highest BCUT2D eigenvalue weighted by atomic mass is 127. The van der Waals surface area contributed by atoms with Crippen LogP contribution in [-0.4, -0.2) is 0 Å². The Morgan fingerprint density at radius 1 is 0.941 bits per heavy atom. The van der Waals surface area contributed by atoms with Crippen LogP contribution in [0.5, 0.6) is 0 Å². The Hall–Kier alpha value is 0.380. The third kappa shape index (κ3) is 5.70. The molecule has 0 aliphatic rings. The van der Waals surface area contributed by atoms with Crippen molar-refractivity contribution in [1.29, 1.82) is 0 Å². The van der Waals surface area contributed by atoms with Gasteiger partial charge in [0.05, 0.1) is 0 Å². The average molecular weight is 364 g/mol. The molecule has 0 amide bonds. The second-order valence-corrected chi connectivity index (χ2v) is 4.87. The van der Waals surface area contributed by atoms with Gasteiger partial charge in [0, 0.05) is 0 Å². The molecule has 2 heteroatoms. The van der Waals surface area contributed by atoms with Gasteiger partial charge in [0.2, 0.25) is 0 Å². The summed E-state index contributed by atoms with van der Waals surface area (Å²) in [4.78, 5) is 0. The maximum absolute atomic E-state index is 2.86. The Kier molecular flexibility index (Phi) is 10.5. The maximum Gasteiger partial charge on any atom is -0.0126 e. The summed E-state index contributed by atoms with van der Waals surface area (Å²) in [6.07, 6.45) is 8.84. The van der Waals surface area contributed by atoms with E-state index in [1.807, 2.05) is 0 Å². The van der Waals surface area contributed by atoms with Gasteiger partial charge in [-0.05, 0) is 48.5 Å². The van der Waals surface area contributed by atoms with Crippen LogP contribution in [0.15, 0.2) is 18.2 Å². The van der Waals surface area contributed by atoms with Crippen LogP contribution in [0.3, 0.4) is 0 Å². The summed E-state index contributed by atoms with van der Waals surface area (Å²) in [5.41, 5.74) is 4.76. The lowest BCUT2D eigenvalue weighted by molar-refractivity contribution is 0.754. The Labute approximate surface area is 126 Å². The lowest BCUT2D eigenvalue weighted by atomic mass is 9.94. The highest BCUT2D eigenvalue weighted by Crippen LogP contribution is 2.21. The Morgan fingerprint density at radius 3 is 2.12 bits per heavy atom. The molecule has 0 fully saturated rings. The van der Waals surface area contributed by atoms with Gasteiger partial charge < -0.3 is 0 Å². The second-order valence-electron chi connectivity index (χ2n) is 4.47. The lowest BCUT2D eigenvalue weighted by Gasteiger charge is -2.13. The number of hydrogen-bond donors (Lipinski definition) is 0. The predicted octanol–water partition coefficient (Wildman–Crippen LogP) is 5.36. The molecule has 1 aromatic rings. The van der Waals surface area contributed by atoms with E-state index in [2.05, 4.69) is 41.3 Å². The highest BCUT2D eigenvalue weighted by Gasteiger charge is 2.06. The number of benzene rings is 1. The molecule has 0 saturated carbocycles. The van der Waals surface area contributed by atoms with E-state index in [0.717, 1.165) is 6.16 Å². The van der Waals surface area contributed by atoms with E-state index < -0.39 is 0 Å². The minimum atomic E-state index is 0. The molecular weight excluding hydrogens is 338 g/mol. The molecule has 0 nitrogen and oxygen atoms in total. The maximum atomic E-state index is 2.86. The fourth-order valence-electron chi connectivity index (χ4n) is 2.16. The zero-order valence-corrected chi connectivity index (χ0v) is 14.7. The topological polar surface area (TPSA) is 0 Å². The first-order valence-electron chi connectivity index (χ1n) is 6.63. The van der Waals surface area contributed by atoms with Crippen molar-refractivity contribution >= 4 is 33.2 Å². The number of rotatable bonds is 7. The standard InChI is InChI=1S/C15H25P.HI/c1-3-5-8-13-9-7-10-14(12-16)15(13)11-6-4-2;/h7,9-10H,3-6,8,11-12,16H2,1-2H3;1H. The third-order valence-corrected chi connectivity index (χ3v) is 3.61. The quantitative estimate of drug-likeness (QED) is 0.451. The molecule has 1 rings (SSSR count). The summed E-state index contributed by atoms with van der Waals surface area (Å²) in [7, 11) is 2.86. The SMILES string of the molecule is CCCCc1cccc(CP)c1CCCC.I. The van der Waals surface area contributed by atoms with Gasteiger partial charge in [-0.25, -0.2) is 0 Å². The van der Waals surface area contributed by atoms with Crippen LogP contribution in [0.4, 0.5) is 0 Å². The van der Waals surface area contributed by atoms with E-state index in [9.17, 15) is 0 Å². The molecule has 0 aliphatic heterocycles. The van der Waals surface area contributed by atoms with Gasteiger partial charge in [-0.2, -0.15) is 0 Å². The van der Waals surface area contributed by atoms with Crippen LogP contribution in [0.25, 0.3) is 0 Å². The molecule has 0 heterocycles. The molecule has 0 N–H and O–H groups in total. The summed E-state index contributed by atoms with van der Waals surface area (Å²) in [6.45, 7) is 4.54. The Bertz CT molecular complexity index is 310. The van der Waals surface area contributed by atoms with Crippen LogP contribution in [0.2, 0.25) is 0 Å². The van der Waals surface area contributed by atoms with Crippen molar-refractivity contribution in [2.24, 2.45) is 0 Å². The minimum absolute atomic E-state index is 0. The smallest absolute Gasteiger partial charge is 0.0126 e. The summed E-state index contributed by atoms with van der Waals surface area (Å²) >= 11 is 0. The number of unbranched alkanes of at least 4 members (excludes halogenated alkanes) is 2. The molecule has 1 aromatic carbocycles. The van der Waals surface area contributed by atoms with Crippen molar-refractivity contribution in [2.45, 2.75) is 58.5 Å². The molecule has 0 bridgehead atoms. The van der Waals surface area contributed by atoms with Crippen molar-refractivity contribution < 1.29 is 0 Å². The first-order valence-corrected chi connectivity index (χ1v) is 7.44. The van der Waals surface area contributed by atoms with Gasteiger partial charge in [-0.3, -0.25) is 0 Å². The molecule has 0 aromatic heterocycles. The molecule has 0 spiro atoms. The van der Waals surface area contributed by atoms with E-state index in [0.29, 0.717) is 0 Å². The van der Waals surface area contributed by atoms with Crippen LogP contribution >= 0.6 is 33.2 Å². The van der Waals surface area contributed by atoms with Crippen molar-refractivity contribution in [3.8, 4) is 0 Å². The molecule has 17 heavy (non-hydrogen) atoms. The van der Waals surface area contributed by atoms with Crippen LogP contribution < -0.4 is 0 Å². The van der Waals surface area contributed by atoms with E-state index in [1.54, 1.807) is 11.1 Å². The van der Waals surface area contributed by atoms with E-state index in [1.165, 1.54) is 44.1 Å². The van der Waals surface area contributed by atoms with Gasteiger partial charge in [-0.1, -0.05) is 44.9 Å². The first-order chi connectivity index (χ1) is 7.83. The normalized spacial score (nSPS) is 10.1. The molecule has 1 unspecified atom stereocenters. The monoisotopic (exact) mass is 364 g/mol. The van der Waals surface area contributed by atoms with Gasteiger partial charge in [-0.15, -0.1) is 33.2 Å². The third-order valence-electron chi connectivity index (χ3n) is 3.17.